The van der Waals surface area contributed by atoms with Crippen molar-refractivity contribution in [2.75, 3.05) is 6.61 Å². The molecule has 0 bridgehead atoms. The number of rotatable bonds is 4. The van der Waals surface area contributed by atoms with Crippen LogP contribution in [0, 0.1) is 0 Å². The number of ether oxygens (including phenoxy) is 1. The predicted octanol–water partition coefficient (Wildman–Crippen LogP) is 4.55. The van der Waals surface area contributed by atoms with Crippen molar-refractivity contribution in [3.63, 3.8) is 0 Å². The quantitative estimate of drug-likeness (QED) is 0.600. The molecule has 0 N–H and O–H groups in total. The van der Waals surface area contributed by atoms with Gasteiger partial charge in [-0.3, -0.25) is 0 Å². The van der Waals surface area contributed by atoms with Gasteiger partial charge in [0.05, 0.1) is 0 Å². The lowest BCUT2D eigenvalue weighted by Gasteiger charge is -2.52. The Bertz CT molecular complexity index is 571. The molecule has 0 amide bonds. The summed E-state index contributed by atoms with van der Waals surface area (Å²) in [7, 11) is -1.86. The molecule has 3 heteroatoms. The number of benzene rings is 1. The molecule has 2 aliphatic rings. The normalized spacial score (nSPS) is 23.9. The summed E-state index contributed by atoms with van der Waals surface area (Å²) < 4.78 is 13.0. The Hall–Kier alpha value is -0.643. The first-order chi connectivity index (χ1) is 9.70. The van der Waals surface area contributed by atoms with Gasteiger partial charge >= 0.3 is 0 Å². The second kappa shape index (κ2) is 4.67. The second-order valence-corrected chi connectivity index (χ2v) is 12.7. The Morgan fingerprint density at radius 3 is 2.33 bits per heavy atom. The fourth-order valence-electron chi connectivity index (χ4n) is 3.23. The van der Waals surface area contributed by atoms with Crippen molar-refractivity contribution < 1.29 is 9.16 Å². The van der Waals surface area contributed by atoms with Crippen molar-refractivity contribution in [1.82, 2.24) is 0 Å². The highest BCUT2D eigenvalue weighted by Gasteiger charge is 2.53. The monoisotopic (exact) mass is 304 g/mol. The van der Waals surface area contributed by atoms with Gasteiger partial charge < -0.3 is 9.16 Å². The van der Waals surface area contributed by atoms with Crippen molar-refractivity contribution in [3.8, 4) is 0 Å². The molecule has 0 aliphatic heterocycles. The molecule has 1 aromatic rings. The van der Waals surface area contributed by atoms with Gasteiger partial charge in [-0.1, -0.05) is 32.9 Å². The fraction of sp³-hybridized carbons (Fsp3) is 0.667. The molecule has 116 valence electrons. The summed E-state index contributed by atoms with van der Waals surface area (Å²) in [4.78, 5) is 0. The fourth-order valence-corrected chi connectivity index (χ4v) is 4.60. The maximum Gasteiger partial charge on any atom is 0.196 e. The highest BCUT2D eigenvalue weighted by Crippen LogP contribution is 2.52. The van der Waals surface area contributed by atoms with E-state index in [2.05, 4.69) is 52.9 Å². The van der Waals surface area contributed by atoms with E-state index >= 15 is 0 Å². The van der Waals surface area contributed by atoms with Crippen LogP contribution in [0.5, 0.6) is 0 Å². The first-order valence-electron chi connectivity index (χ1n) is 8.18. The van der Waals surface area contributed by atoms with Crippen LogP contribution in [0.2, 0.25) is 18.1 Å². The van der Waals surface area contributed by atoms with Crippen LogP contribution < -0.4 is 0 Å². The molecule has 2 aliphatic carbocycles. The van der Waals surface area contributed by atoms with Gasteiger partial charge in [-0.25, -0.2) is 0 Å². The first-order valence-corrected chi connectivity index (χ1v) is 11.1. The molecule has 0 aromatic heterocycles. The molecular formula is C18H28O2Si. The van der Waals surface area contributed by atoms with Gasteiger partial charge in [0.1, 0.15) is 0 Å². The van der Waals surface area contributed by atoms with Gasteiger partial charge in [-0.2, -0.15) is 0 Å². The highest BCUT2D eigenvalue weighted by atomic mass is 28.4. The first kappa shape index (κ1) is 15.3. The summed E-state index contributed by atoms with van der Waals surface area (Å²) in [5.74, 6) is -0.459. The lowest BCUT2D eigenvalue weighted by atomic mass is 9.71. The van der Waals surface area contributed by atoms with E-state index in [9.17, 15) is 0 Å². The number of hydrogen-bond acceptors (Lipinski definition) is 2. The maximum atomic E-state index is 6.78. The van der Waals surface area contributed by atoms with E-state index in [-0.39, 0.29) is 5.04 Å². The maximum absolute atomic E-state index is 6.78. The SMILES string of the molecule is CCOC1(O[Si](C)(C)C(C)(C)C)Cc2ccc3c(c21)CC3. The zero-order valence-electron chi connectivity index (χ0n) is 14.3. The lowest BCUT2D eigenvalue weighted by molar-refractivity contribution is -0.213. The van der Waals surface area contributed by atoms with Crippen LogP contribution in [-0.2, 0) is 34.2 Å². The van der Waals surface area contributed by atoms with Crippen LogP contribution in [0.25, 0.3) is 0 Å². The zero-order valence-corrected chi connectivity index (χ0v) is 15.3. The van der Waals surface area contributed by atoms with Crippen molar-refractivity contribution in [2.45, 2.75) is 70.9 Å². The Kier molecular flexibility index (Phi) is 3.40. The summed E-state index contributed by atoms with van der Waals surface area (Å²) in [6, 6.07) is 4.57. The van der Waals surface area contributed by atoms with E-state index in [0.717, 1.165) is 6.42 Å². The Labute approximate surface area is 130 Å². The molecule has 2 nitrogen and oxygen atoms in total. The third-order valence-corrected chi connectivity index (χ3v) is 10.0. The molecule has 0 radical (unpaired) electrons. The molecule has 0 saturated heterocycles. The van der Waals surface area contributed by atoms with E-state index in [4.69, 9.17) is 9.16 Å². The van der Waals surface area contributed by atoms with Gasteiger partial charge in [0, 0.05) is 18.6 Å². The molecule has 0 spiro atoms. The second-order valence-electron chi connectivity index (χ2n) is 7.96. The molecule has 3 rings (SSSR count). The minimum Gasteiger partial charge on any atom is -0.386 e. The molecule has 0 heterocycles. The van der Waals surface area contributed by atoms with E-state index in [0.29, 0.717) is 6.61 Å². The molecule has 1 unspecified atom stereocenters. The van der Waals surface area contributed by atoms with Gasteiger partial charge in [-0.15, -0.1) is 0 Å². The Balaban J connectivity index is 1.98. The standard InChI is InChI=1S/C18H28O2Si/c1-7-19-18(20-21(5,6)17(2,3)4)12-14-9-8-13-10-11-15(13)16(14)18/h8-9H,7,10-12H2,1-6H3. The number of hydrogen-bond donors (Lipinski definition) is 0. The third kappa shape index (κ3) is 2.21. The average Bonchev–Trinajstić information content (AvgIpc) is 2.30. The predicted molar refractivity (Wildman–Crippen MR) is 89.1 cm³/mol. The van der Waals surface area contributed by atoms with E-state index < -0.39 is 14.1 Å². The third-order valence-electron chi connectivity index (χ3n) is 5.55. The molecule has 21 heavy (non-hydrogen) atoms. The van der Waals surface area contributed by atoms with Gasteiger partial charge in [-0.05, 0) is 54.6 Å². The summed E-state index contributed by atoms with van der Waals surface area (Å²) in [6.07, 6.45) is 3.31. The van der Waals surface area contributed by atoms with E-state index in [1.807, 2.05) is 0 Å². The van der Waals surface area contributed by atoms with Crippen molar-refractivity contribution in [3.05, 3.63) is 34.4 Å². The van der Waals surface area contributed by atoms with Crippen molar-refractivity contribution in [2.24, 2.45) is 0 Å². The van der Waals surface area contributed by atoms with Crippen LogP contribution in [0.15, 0.2) is 12.1 Å². The Morgan fingerprint density at radius 2 is 1.81 bits per heavy atom. The smallest absolute Gasteiger partial charge is 0.196 e. The molecule has 1 atom stereocenters. The van der Waals surface area contributed by atoms with Crippen molar-refractivity contribution in [1.29, 1.82) is 0 Å². The van der Waals surface area contributed by atoms with Crippen LogP contribution in [0.1, 0.15) is 49.9 Å². The lowest BCUT2D eigenvalue weighted by Crippen LogP contribution is -2.55. The highest BCUT2D eigenvalue weighted by molar-refractivity contribution is 6.74. The summed E-state index contributed by atoms with van der Waals surface area (Å²) in [6.45, 7) is 14.3. The van der Waals surface area contributed by atoms with Crippen LogP contribution in [0.3, 0.4) is 0 Å². The number of aryl methyl sites for hydroxylation is 1. The minimum absolute atomic E-state index is 0.203. The largest absolute Gasteiger partial charge is 0.386 e. The van der Waals surface area contributed by atoms with Crippen LogP contribution in [-0.4, -0.2) is 14.9 Å². The van der Waals surface area contributed by atoms with Crippen LogP contribution >= 0.6 is 0 Å². The van der Waals surface area contributed by atoms with Crippen molar-refractivity contribution >= 4 is 8.32 Å². The summed E-state index contributed by atoms with van der Waals surface area (Å²) in [5.41, 5.74) is 5.81. The minimum atomic E-state index is -1.86. The molecule has 0 saturated carbocycles. The molecule has 1 aromatic carbocycles. The van der Waals surface area contributed by atoms with E-state index in [1.165, 1.54) is 35.1 Å². The molecule has 0 fully saturated rings. The van der Waals surface area contributed by atoms with Gasteiger partial charge in [0.2, 0.25) is 0 Å². The number of fused-ring (bicyclic) bond motifs is 3. The van der Waals surface area contributed by atoms with Gasteiger partial charge in [0.15, 0.2) is 14.1 Å². The topological polar surface area (TPSA) is 18.5 Å². The van der Waals surface area contributed by atoms with Gasteiger partial charge in [0.25, 0.3) is 0 Å². The average molecular weight is 305 g/mol. The van der Waals surface area contributed by atoms with Crippen LogP contribution in [0.4, 0.5) is 0 Å². The Morgan fingerprint density at radius 1 is 1.14 bits per heavy atom. The molecular weight excluding hydrogens is 276 g/mol. The zero-order chi connectivity index (χ0) is 15.5. The summed E-state index contributed by atoms with van der Waals surface area (Å²) >= 11 is 0. The van der Waals surface area contributed by atoms with E-state index in [1.54, 1.807) is 0 Å². The summed E-state index contributed by atoms with van der Waals surface area (Å²) in [5, 5.41) is 0.203.